The summed E-state index contributed by atoms with van der Waals surface area (Å²) in [6.45, 7) is 2.06. The van der Waals surface area contributed by atoms with Gasteiger partial charge in [-0.1, -0.05) is 48.0 Å². The molecular formula is C21H16O2S. The van der Waals surface area contributed by atoms with Gasteiger partial charge in [-0.3, -0.25) is 0 Å². The molecule has 0 amide bonds. The van der Waals surface area contributed by atoms with E-state index >= 15 is 0 Å². The molecule has 0 fully saturated rings. The predicted molar refractivity (Wildman–Crippen MR) is 100 cm³/mol. The lowest BCUT2D eigenvalue weighted by atomic mass is 10.1. The highest BCUT2D eigenvalue weighted by Crippen LogP contribution is 2.46. The van der Waals surface area contributed by atoms with Crippen molar-refractivity contribution >= 4 is 21.4 Å². The number of aromatic hydroxyl groups is 1. The van der Waals surface area contributed by atoms with Crippen molar-refractivity contribution in [2.24, 2.45) is 0 Å². The zero-order valence-electron chi connectivity index (χ0n) is 13.2. The molecule has 3 aromatic carbocycles. The number of benzene rings is 3. The van der Waals surface area contributed by atoms with Gasteiger partial charge in [0.1, 0.15) is 11.5 Å². The molecule has 0 aliphatic rings. The number of ether oxygens (including phenoxy) is 1. The number of phenols is 1. The first kappa shape index (κ1) is 14.8. The summed E-state index contributed by atoms with van der Waals surface area (Å²) in [5.41, 5.74) is 2.31. The molecule has 0 saturated carbocycles. The number of phenolic OH excluding ortho intramolecular Hbond substituents is 1. The highest BCUT2D eigenvalue weighted by molar-refractivity contribution is 7.22. The molecule has 0 aliphatic heterocycles. The third-order valence-electron chi connectivity index (χ3n) is 3.90. The Morgan fingerprint density at radius 1 is 0.875 bits per heavy atom. The van der Waals surface area contributed by atoms with Gasteiger partial charge in [0.05, 0.1) is 4.88 Å². The predicted octanol–water partition coefficient (Wildman–Crippen LogP) is 6.37. The molecule has 3 heteroatoms. The van der Waals surface area contributed by atoms with Gasteiger partial charge in [0.25, 0.3) is 0 Å². The fourth-order valence-corrected chi connectivity index (χ4v) is 3.84. The quantitative estimate of drug-likeness (QED) is 0.472. The summed E-state index contributed by atoms with van der Waals surface area (Å²) in [4.78, 5) is 1.07. The lowest BCUT2D eigenvalue weighted by Gasteiger charge is -2.08. The highest BCUT2D eigenvalue weighted by Gasteiger charge is 2.16. The summed E-state index contributed by atoms with van der Waals surface area (Å²) in [6.07, 6.45) is 0. The van der Waals surface area contributed by atoms with Crippen molar-refractivity contribution in [3.63, 3.8) is 0 Å². The molecule has 0 unspecified atom stereocenters. The largest absolute Gasteiger partial charge is 0.508 e. The van der Waals surface area contributed by atoms with E-state index in [4.69, 9.17) is 4.74 Å². The Morgan fingerprint density at radius 2 is 1.62 bits per heavy atom. The van der Waals surface area contributed by atoms with Crippen LogP contribution in [-0.4, -0.2) is 5.11 Å². The first-order valence-electron chi connectivity index (χ1n) is 7.76. The molecule has 4 rings (SSSR count). The molecule has 0 radical (unpaired) electrons. The summed E-state index contributed by atoms with van der Waals surface area (Å²) in [5, 5.41) is 10.8. The summed E-state index contributed by atoms with van der Waals surface area (Å²) in [6, 6.07) is 23.6. The lowest BCUT2D eigenvalue weighted by Crippen LogP contribution is -1.85. The van der Waals surface area contributed by atoms with E-state index in [2.05, 4.69) is 19.1 Å². The Bertz CT molecular complexity index is 986. The van der Waals surface area contributed by atoms with Gasteiger partial charge in [-0.25, -0.2) is 0 Å². The topological polar surface area (TPSA) is 29.5 Å². The van der Waals surface area contributed by atoms with Crippen molar-refractivity contribution < 1.29 is 9.84 Å². The van der Waals surface area contributed by atoms with Crippen LogP contribution in [0.15, 0.2) is 72.8 Å². The van der Waals surface area contributed by atoms with Gasteiger partial charge in [0.2, 0.25) is 0 Å². The summed E-state index contributed by atoms with van der Waals surface area (Å²) in [7, 11) is 0. The number of hydrogen-bond donors (Lipinski definition) is 1. The summed E-state index contributed by atoms with van der Waals surface area (Å²) >= 11 is 1.63. The second-order valence-electron chi connectivity index (χ2n) is 5.72. The van der Waals surface area contributed by atoms with Crippen LogP contribution in [0.5, 0.6) is 17.2 Å². The normalized spacial score (nSPS) is 10.9. The number of rotatable bonds is 3. The molecule has 4 aromatic rings. The molecule has 0 aliphatic carbocycles. The Morgan fingerprint density at radius 3 is 2.38 bits per heavy atom. The van der Waals surface area contributed by atoms with Crippen molar-refractivity contribution in [3.05, 3.63) is 78.4 Å². The average Bonchev–Trinajstić information content (AvgIpc) is 2.95. The zero-order valence-corrected chi connectivity index (χ0v) is 14.0. The Hall–Kier alpha value is -2.78. The minimum Gasteiger partial charge on any atom is -0.508 e. The molecule has 0 bridgehead atoms. The number of thiophene rings is 1. The van der Waals surface area contributed by atoms with Crippen LogP contribution in [0, 0.1) is 6.92 Å². The first-order valence-corrected chi connectivity index (χ1v) is 8.58. The van der Waals surface area contributed by atoms with Gasteiger partial charge < -0.3 is 9.84 Å². The first-order chi connectivity index (χ1) is 11.7. The maximum atomic E-state index is 9.79. The van der Waals surface area contributed by atoms with Crippen LogP contribution in [-0.2, 0) is 0 Å². The summed E-state index contributed by atoms with van der Waals surface area (Å²) < 4.78 is 7.25. The van der Waals surface area contributed by atoms with E-state index in [0.29, 0.717) is 0 Å². The third kappa shape index (κ3) is 2.74. The van der Waals surface area contributed by atoms with Crippen LogP contribution < -0.4 is 4.74 Å². The van der Waals surface area contributed by atoms with Crippen LogP contribution in [0.3, 0.4) is 0 Å². The molecule has 0 spiro atoms. The maximum Gasteiger partial charge on any atom is 0.153 e. The monoisotopic (exact) mass is 332 g/mol. The van der Waals surface area contributed by atoms with Gasteiger partial charge in [-0.05, 0) is 42.8 Å². The van der Waals surface area contributed by atoms with Crippen molar-refractivity contribution in [1.82, 2.24) is 0 Å². The van der Waals surface area contributed by atoms with Gasteiger partial charge in [0.15, 0.2) is 5.75 Å². The van der Waals surface area contributed by atoms with Crippen molar-refractivity contribution in [2.45, 2.75) is 6.92 Å². The Kier molecular flexibility index (Phi) is 3.71. The fourth-order valence-electron chi connectivity index (χ4n) is 2.67. The van der Waals surface area contributed by atoms with E-state index < -0.39 is 0 Å². The molecular weight excluding hydrogens is 316 g/mol. The van der Waals surface area contributed by atoms with Crippen molar-refractivity contribution in [3.8, 4) is 27.7 Å². The molecule has 1 N–H and O–H groups in total. The molecule has 24 heavy (non-hydrogen) atoms. The number of hydrogen-bond acceptors (Lipinski definition) is 3. The molecule has 2 nitrogen and oxygen atoms in total. The minimum atomic E-state index is 0.269. The van der Waals surface area contributed by atoms with Gasteiger partial charge in [-0.2, -0.15) is 0 Å². The third-order valence-corrected chi connectivity index (χ3v) is 5.09. The minimum absolute atomic E-state index is 0.269. The second kappa shape index (κ2) is 6.02. The zero-order chi connectivity index (χ0) is 16.5. The molecule has 118 valence electrons. The SMILES string of the molecule is Cc1ccc(Oc2c(-c3ccccc3)sc3cc(O)ccc23)cc1. The van der Waals surface area contributed by atoms with E-state index in [1.54, 1.807) is 23.5 Å². The van der Waals surface area contributed by atoms with Gasteiger partial charge in [0, 0.05) is 10.1 Å². The molecule has 0 atom stereocenters. The standard InChI is InChI=1S/C21H16O2S/c1-14-7-10-17(11-8-14)23-20-18-12-9-16(22)13-19(18)24-21(20)15-5-3-2-4-6-15/h2-13,22H,1H3. The van der Waals surface area contributed by atoms with Crippen LogP contribution in [0.2, 0.25) is 0 Å². The van der Waals surface area contributed by atoms with Crippen LogP contribution in [0.25, 0.3) is 20.5 Å². The maximum absolute atomic E-state index is 9.79. The van der Waals surface area contributed by atoms with Gasteiger partial charge >= 0.3 is 0 Å². The van der Waals surface area contributed by atoms with Gasteiger partial charge in [-0.15, -0.1) is 11.3 Å². The van der Waals surface area contributed by atoms with E-state index in [9.17, 15) is 5.11 Å². The van der Waals surface area contributed by atoms with E-state index in [1.807, 2.05) is 48.5 Å². The Balaban J connectivity index is 1.89. The number of fused-ring (bicyclic) bond motifs is 1. The van der Waals surface area contributed by atoms with Crippen LogP contribution in [0.4, 0.5) is 0 Å². The smallest absolute Gasteiger partial charge is 0.153 e. The average molecular weight is 332 g/mol. The Labute approximate surface area is 144 Å². The molecule has 0 saturated heterocycles. The number of aryl methyl sites for hydroxylation is 1. The highest BCUT2D eigenvalue weighted by atomic mass is 32.1. The summed E-state index contributed by atoms with van der Waals surface area (Å²) in [5.74, 6) is 1.92. The second-order valence-corrected chi connectivity index (χ2v) is 6.77. The fraction of sp³-hybridized carbons (Fsp3) is 0.0476. The van der Waals surface area contributed by atoms with Crippen molar-refractivity contribution in [2.75, 3.05) is 0 Å². The lowest BCUT2D eigenvalue weighted by molar-refractivity contribution is 0.476. The van der Waals surface area contributed by atoms with E-state index in [-0.39, 0.29) is 5.75 Å². The van der Waals surface area contributed by atoms with Crippen molar-refractivity contribution in [1.29, 1.82) is 0 Å². The molecule has 1 aromatic heterocycles. The van der Waals surface area contributed by atoms with E-state index in [1.165, 1.54) is 5.56 Å². The van der Waals surface area contributed by atoms with Crippen LogP contribution in [0.1, 0.15) is 5.56 Å². The van der Waals surface area contributed by atoms with E-state index in [0.717, 1.165) is 32.0 Å². The molecule has 1 heterocycles. The van der Waals surface area contributed by atoms with Crippen LogP contribution >= 0.6 is 11.3 Å².